The van der Waals surface area contributed by atoms with E-state index in [2.05, 4.69) is 15.9 Å². The van der Waals surface area contributed by atoms with Crippen LogP contribution in [0.1, 0.15) is 0 Å². The van der Waals surface area contributed by atoms with Crippen LogP contribution in [-0.2, 0) is 10.1 Å². The van der Waals surface area contributed by atoms with Crippen molar-refractivity contribution >= 4 is 26.0 Å². The Hall–Kier alpha value is -1.53. The summed E-state index contributed by atoms with van der Waals surface area (Å²) in [5.41, 5.74) is 0. The van der Waals surface area contributed by atoms with E-state index in [4.69, 9.17) is 8.92 Å². The predicted octanol–water partition coefficient (Wildman–Crippen LogP) is 3.23. The first-order valence-electron chi connectivity index (χ1n) is 5.36. The van der Waals surface area contributed by atoms with Gasteiger partial charge in [-0.1, -0.05) is 12.1 Å². The molecule has 19 heavy (non-hydrogen) atoms. The maximum absolute atomic E-state index is 12.1. The van der Waals surface area contributed by atoms with Gasteiger partial charge in [-0.05, 0) is 52.3 Å². The predicted molar refractivity (Wildman–Crippen MR) is 74.9 cm³/mol. The summed E-state index contributed by atoms with van der Waals surface area (Å²) in [4.78, 5) is 0.0732. The van der Waals surface area contributed by atoms with E-state index in [1.807, 2.05) is 0 Å². The van der Waals surface area contributed by atoms with E-state index in [0.717, 1.165) is 0 Å². The van der Waals surface area contributed by atoms with E-state index < -0.39 is 10.1 Å². The first-order valence-corrected chi connectivity index (χ1v) is 7.56. The lowest BCUT2D eigenvalue weighted by molar-refractivity contribution is 0.414. The molecule has 2 aromatic carbocycles. The van der Waals surface area contributed by atoms with Gasteiger partial charge in [-0.2, -0.15) is 8.42 Å². The van der Waals surface area contributed by atoms with E-state index in [0.29, 0.717) is 10.2 Å². The van der Waals surface area contributed by atoms with Crippen molar-refractivity contribution in [2.24, 2.45) is 0 Å². The van der Waals surface area contributed by atoms with Gasteiger partial charge in [-0.25, -0.2) is 0 Å². The van der Waals surface area contributed by atoms with Crippen LogP contribution in [0.4, 0.5) is 0 Å². The molecule has 0 aliphatic rings. The van der Waals surface area contributed by atoms with Gasteiger partial charge >= 0.3 is 10.1 Å². The Balaban J connectivity index is 2.30. The molecular formula is C13H11BrO4S. The lowest BCUT2D eigenvalue weighted by atomic mass is 10.3. The van der Waals surface area contributed by atoms with Crippen LogP contribution >= 0.6 is 15.9 Å². The number of ether oxygens (including phenoxy) is 1. The minimum atomic E-state index is -3.85. The minimum absolute atomic E-state index is 0.0732. The van der Waals surface area contributed by atoms with Crippen molar-refractivity contribution in [3.63, 3.8) is 0 Å². The Bertz CT molecular complexity index is 665. The van der Waals surface area contributed by atoms with Crippen LogP contribution in [-0.4, -0.2) is 15.5 Å². The van der Waals surface area contributed by atoms with Crippen LogP contribution in [0.2, 0.25) is 0 Å². The fourth-order valence-corrected chi connectivity index (χ4v) is 2.84. The zero-order chi connectivity index (χ0) is 13.9. The molecule has 0 N–H and O–H groups in total. The molecule has 100 valence electrons. The Morgan fingerprint density at radius 3 is 2.21 bits per heavy atom. The molecule has 4 nitrogen and oxygen atoms in total. The second-order valence-corrected chi connectivity index (χ2v) is 6.04. The monoisotopic (exact) mass is 342 g/mol. The number of halogens is 1. The molecule has 0 saturated heterocycles. The summed E-state index contributed by atoms with van der Waals surface area (Å²) in [7, 11) is -2.33. The van der Waals surface area contributed by atoms with Gasteiger partial charge in [-0.3, -0.25) is 0 Å². The van der Waals surface area contributed by atoms with Crippen molar-refractivity contribution in [1.82, 2.24) is 0 Å². The zero-order valence-electron chi connectivity index (χ0n) is 10.0. The lowest BCUT2D eigenvalue weighted by Gasteiger charge is -2.08. The minimum Gasteiger partial charge on any atom is -0.497 e. The third kappa shape index (κ3) is 3.27. The average molecular weight is 343 g/mol. The summed E-state index contributed by atoms with van der Waals surface area (Å²) in [6.45, 7) is 0. The molecule has 6 heteroatoms. The second kappa shape index (κ2) is 5.63. The molecular weight excluding hydrogens is 332 g/mol. The third-order valence-electron chi connectivity index (χ3n) is 2.38. The van der Waals surface area contributed by atoms with Gasteiger partial charge in [-0.15, -0.1) is 0 Å². The fraction of sp³-hybridized carbons (Fsp3) is 0.0769. The maximum Gasteiger partial charge on any atom is 0.339 e. The Labute approximate surface area is 120 Å². The van der Waals surface area contributed by atoms with Crippen molar-refractivity contribution in [3.05, 3.63) is 53.0 Å². The topological polar surface area (TPSA) is 52.6 Å². The highest BCUT2D eigenvalue weighted by Crippen LogP contribution is 2.27. The number of methoxy groups -OCH3 is 1. The number of hydrogen-bond donors (Lipinski definition) is 0. The van der Waals surface area contributed by atoms with Gasteiger partial charge < -0.3 is 8.92 Å². The lowest BCUT2D eigenvalue weighted by Crippen LogP contribution is -2.09. The molecule has 0 spiro atoms. The fourth-order valence-electron chi connectivity index (χ4n) is 1.42. The molecule has 0 radical (unpaired) electrons. The molecule has 0 amide bonds. The van der Waals surface area contributed by atoms with E-state index in [9.17, 15) is 8.42 Å². The highest BCUT2D eigenvalue weighted by atomic mass is 79.9. The zero-order valence-corrected chi connectivity index (χ0v) is 12.4. The van der Waals surface area contributed by atoms with Crippen molar-refractivity contribution < 1.29 is 17.3 Å². The van der Waals surface area contributed by atoms with Crippen LogP contribution in [0.25, 0.3) is 0 Å². The van der Waals surface area contributed by atoms with E-state index >= 15 is 0 Å². The quantitative estimate of drug-likeness (QED) is 0.800. The average Bonchev–Trinajstić information content (AvgIpc) is 2.41. The molecule has 0 fully saturated rings. The highest BCUT2D eigenvalue weighted by Gasteiger charge is 2.17. The van der Waals surface area contributed by atoms with Crippen LogP contribution in [0.3, 0.4) is 0 Å². The molecule has 0 saturated carbocycles. The first kappa shape index (κ1) is 13.9. The molecule has 0 unspecified atom stereocenters. The number of hydrogen-bond acceptors (Lipinski definition) is 4. The highest BCUT2D eigenvalue weighted by molar-refractivity contribution is 9.10. The van der Waals surface area contributed by atoms with Gasteiger partial charge in [0, 0.05) is 0 Å². The summed E-state index contributed by atoms with van der Waals surface area (Å²) in [6.07, 6.45) is 0. The Kier molecular flexibility index (Phi) is 4.11. The van der Waals surface area contributed by atoms with E-state index in [1.165, 1.54) is 19.2 Å². The second-order valence-electron chi connectivity index (χ2n) is 3.64. The van der Waals surface area contributed by atoms with Gasteiger partial charge in [0.25, 0.3) is 0 Å². The molecule has 0 bridgehead atoms. The Morgan fingerprint density at radius 1 is 1.00 bits per heavy atom. The van der Waals surface area contributed by atoms with Gasteiger partial charge in [0.1, 0.15) is 10.6 Å². The van der Waals surface area contributed by atoms with Crippen molar-refractivity contribution in [2.45, 2.75) is 4.90 Å². The molecule has 2 aromatic rings. The van der Waals surface area contributed by atoms with E-state index in [-0.39, 0.29) is 10.6 Å². The van der Waals surface area contributed by atoms with Gasteiger partial charge in [0.2, 0.25) is 0 Å². The van der Waals surface area contributed by atoms with Crippen LogP contribution in [0.5, 0.6) is 11.5 Å². The van der Waals surface area contributed by atoms with E-state index in [1.54, 1.807) is 36.4 Å². The molecule has 0 aliphatic carbocycles. The van der Waals surface area contributed by atoms with Crippen LogP contribution in [0, 0.1) is 0 Å². The smallest absolute Gasteiger partial charge is 0.339 e. The van der Waals surface area contributed by atoms with Crippen LogP contribution in [0.15, 0.2) is 57.9 Å². The summed E-state index contributed by atoms with van der Waals surface area (Å²) < 4.78 is 34.8. The Morgan fingerprint density at radius 2 is 1.63 bits per heavy atom. The van der Waals surface area contributed by atoms with Crippen molar-refractivity contribution in [2.75, 3.05) is 7.11 Å². The molecule has 0 heterocycles. The van der Waals surface area contributed by atoms with Crippen LogP contribution < -0.4 is 8.92 Å². The third-order valence-corrected chi connectivity index (χ3v) is 4.29. The summed E-state index contributed by atoms with van der Waals surface area (Å²) >= 11 is 3.23. The largest absolute Gasteiger partial charge is 0.497 e. The van der Waals surface area contributed by atoms with Crippen molar-refractivity contribution in [3.8, 4) is 11.5 Å². The normalized spacial score (nSPS) is 11.1. The number of rotatable bonds is 4. The SMILES string of the molecule is COc1ccc(S(=O)(=O)Oc2ccccc2Br)cc1. The van der Waals surface area contributed by atoms with Crippen molar-refractivity contribution in [1.29, 1.82) is 0 Å². The first-order chi connectivity index (χ1) is 9.03. The summed E-state index contributed by atoms with van der Waals surface area (Å²) in [5, 5.41) is 0. The molecule has 0 atom stereocenters. The van der Waals surface area contributed by atoms with Gasteiger partial charge in [0.15, 0.2) is 5.75 Å². The number of benzene rings is 2. The maximum atomic E-state index is 12.1. The number of para-hydroxylation sites is 1. The molecule has 0 aliphatic heterocycles. The summed E-state index contributed by atoms with van der Waals surface area (Å²) in [6, 6.07) is 12.8. The summed E-state index contributed by atoms with van der Waals surface area (Å²) in [5.74, 6) is 0.832. The molecule has 0 aromatic heterocycles. The van der Waals surface area contributed by atoms with Gasteiger partial charge in [0.05, 0.1) is 11.6 Å². The molecule has 2 rings (SSSR count). The standard InChI is InChI=1S/C13H11BrO4S/c1-17-10-6-8-11(9-7-10)19(15,16)18-13-5-3-2-4-12(13)14/h2-9H,1H3.